The molecule has 9 heteroatoms. The molecular weight excluding hydrogens is 444 g/mol. The number of carbonyl (C=O) groups excluding carboxylic acids is 3. The minimum atomic E-state index is -1.50. The fourth-order valence-electron chi connectivity index (χ4n) is 6.30. The van der Waals surface area contributed by atoms with E-state index in [-0.39, 0.29) is 25.4 Å². The second-order valence-corrected chi connectivity index (χ2v) is 9.93. The lowest BCUT2D eigenvalue weighted by molar-refractivity contribution is -0.181. The standard InChI is InChI=1S/C25H36O9/c1-5-15(12-34-20(31)9-13(2)8-19(29)30)22-24(33)23(32)17-11-16(27)10-14(3)21(17)25(22,4)18(28)6-7-26/h6-8,14-17,21-22,24,26-27,33H,5,9-12H2,1-4H3,(H,29,30)/b7-6-,13-8+/t14-,15+,16?,17?,21?,22?,24?,25?/m1/s1. The zero-order valence-electron chi connectivity index (χ0n) is 20.1. The summed E-state index contributed by atoms with van der Waals surface area (Å²) in [7, 11) is 0. The summed E-state index contributed by atoms with van der Waals surface area (Å²) in [6.07, 6.45) is 1.11. The summed E-state index contributed by atoms with van der Waals surface area (Å²) >= 11 is 0. The highest BCUT2D eigenvalue weighted by Gasteiger charge is 2.63. The summed E-state index contributed by atoms with van der Waals surface area (Å²) in [6.45, 7) is 6.69. The van der Waals surface area contributed by atoms with Gasteiger partial charge in [0.05, 0.1) is 25.4 Å². The second kappa shape index (κ2) is 11.3. The maximum atomic E-state index is 13.4. The van der Waals surface area contributed by atoms with Crippen LogP contribution in [0.4, 0.5) is 0 Å². The van der Waals surface area contributed by atoms with Crippen molar-refractivity contribution < 1.29 is 44.3 Å². The van der Waals surface area contributed by atoms with Crippen LogP contribution < -0.4 is 0 Å². The molecule has 4 N–H and O–H groups in total. The average molecular weight is 481 g/mol. The minimum Gasteiger partial charge on any atom is -0.515 e. The number of esters is 1. The predicted octanol–water partition coefficient (Wildman–Crippen LogP) is 2.21. The zero-order chi connectivity index (χ0) is 25.8. The van der Waals surface area contributed by atoms with Gasteiger partial charge >= 0.3 is 11.9 Å². The van der Waals surface area contributed by atoms with Crippen molar-refractivity contribution in [1.29, 1.82) is 0 Å². The second-order valence-electron chi connectivity index (χ2n) is 9.93. The molecule has 0 saturated heterocycles. The first-order valence-electron chi connectivity index (χ1n) is 11.7. The number of hydrogen-bond donors (Lipinski definition) is 4. The molecule has 0 aromatic carbocycles. The number of carboxylic acid groups (broad SMARTS) is 1. The Labute approximate surface area is 199 Å². The van der Waals surface area contributed by atoms with Crippen LogP contribution in [0.1, 0.15) is 53.4 Å². The molecule has 0 aromatic rings. The Bertz CT molecular complexity index is 860. The molecule has 2 saturated carbocycles. The lowest BCUT2D eigenvalue weighted by Crippen LogP contribution is -2.64. The maximum Gasteiger partial charge on any atom is 0.328 e. The summed E-state index contributed by atoms with van der Waals surface area (Å²) in [5.41, 5.74) is -0.938. The Morgan fingerprint density at radius 1 is 1.24 bits per heavy atom. The fraction of sp³-hybridized carbons (Fsp3) is 0.680. The van der Waals surface area contributed by atoms with E-state index in [2.05, 4.69) is 0 Å². The van der Waals surface area contributed by atoms with E-state index in [1.165, 1.54) is 6.92 Å². The van der Waals surface area contributed by atoms with Gasteiger partial charge in [0, 0.05) is 29.4 Å². The zero-order valence-corrected chi connectivity index (χ0v) is 20.1. The Morgan fingerprint density at radius 2 is 1.88 bits per heavy atom. The topological polar surface area (TPSA) is 158 Å². The number of Topliss-reactive ketones (excluding diaryl/α,β-unsaturated/α-hetero) is 1. The highest BCUT2D eigenvalue weighted by Crippen LogP contribution is 2.57. The van der Waals surface area contributed by atoms with Crippen molar-refractivity contribution in [2.24, 2.45) is 35.0 Å². The monoisotopic (exact) mass is 480 g/mol. The van der Waals surface area contributed by atoms with E-state index in [1.807, 2.05) is 6.92 Å². The van der Waals surface area contributed by atoms with Gasteiger partial charge < -0.3 is 25.2 Å². The van der Waals surface area contributed by atoms with Crippen molar-refractivity contribution in [2.75, 3.05) is 6.61 Å². The number of fused-ring (bicyclic) bond motifs is 1. The molecule has 8 atom stereocenters. The Balaban J connectivity index is 2.40. The van der Waals surface area contributed by atoms with Gasteiger partial charge in [-0.3, -0.25) is 14.4 Å². The van der Waals surface area contributed by atoms with Gasteiger partial charge in [-0.2, -0.15) is 0 Å². The molecule has 2 rings (SSSR count). The van der Waals surface area contributed by atoms with Crippen LogP contribution in [0, 0.1) is 35.0 Å². The number of carbonyl (C=O) groups is 4. The molecule has 0 aliphatic heterocycles. The van der Waals surface area contributed by atoms with Crippen molar-refractivity contribution in [2.45, 2.75) is 65.6 Å². The normalized spacial score (nSPS) is 35.0. The number of carboxylic acids is 1. The summed E-state index contributed by atoms with van der Waals surface area (Å²) < 4.78 is 5.38. The number of allylic oxidation sites excluding steroid dienone is 1. The van der Waals surface area contributed by atoms with Crippen LogP contribution in [-0.2, 0) is 23.9 Å². The first kappa shape index (κ1) is 27.7. The Hall–Kier alpha value is -2.52. The third-order valence-corrected chi connectivity index (χ3v) is 7.64. The maximum absolute atomic E-state index is 13.4. The van der Waals surface area contributed by atoms with E-state index >= 15 is 0 Å². The number of rotatable bonds is 9. The number of aliphatic hydroxyl groups excluding tert-OH is 3. The van der Waals surface area contributed by atoms with Crippen molar-refractivity contribution in [1.82, 2.24) is 0 Å². The summed E-state index contributed by atoms with van der Waals surface area (Å²) in [4.78, 5) is 49.6. The Morgan fingerprint density at radius 3 is 2.44 bits per heavy atom. The van der Waals surface area contributed by atoms with E-state index in [0.29, 0.717) is 24.7 Å². The van der Waals surface area contributed by atoms with Gasteiger partial charge in [-0.05, 0) is 43.9 Å². The molecule has 0 radical (unpaired) electrons. The number of hydrogen-bond acceptors (Lipinski definition) is 8. The van der Waals surface area contributed by atoms with Crippen LogP contribution in [0.5, 0.6) is 0 Å². The molecule has 0 heterocycles. The van der Waals surface area contributed by atoms with Crippen LogP contribution in [0.15, 0.2) is 24.0 Å². The summed E-state index contributed by atoms with van der Waals surface area (Å²) in [5, 5.41) is 39.5. The molecule has 2 aliphatic rings. The number of ether oxygens (including phenoxy) is 1. The van der Waals surface area contributed by atoms with Gasteiger partial charge in [0.1, 0.15) is 6.10 Å². The number of ketones is 2. The molecule has 0 amide bonds. The first-order chi connectivity index (χ1) is 15.9. The van der Waals surface area contributed by atoms with E-state index in [4.69, 9.17) is 9.84 Å². The van der Waals surface area contributed by atoms with Gasteiger partial charge in [-0.15, -0.1) is 0 Å². The van der Waals surface area contributed by atoms with Crippen molar-refractivity contribution in [3.63, 3.8) is 0 Å². The molecule has 2 fully saturated rings. The molecule has 0 aromatic heterocycles. The lowest BCUT2D eigenvalue weighted by atomic mass is 9.46. The lowest BCUT2D eigenvalue weighted by Gasteiger charge is -2.57. The quantitative estimate of drug-likeness (QED) is 0.220. The van der Waals surface area contributed by atoms with Gasteiger partial charge in [-0.25, -0.2) is 4.79 Å². The largest absolute Gasteiger partial charge is 0.515 e. The van der Waals surface area contributed by atoms with Crippen LogP contribution >= 0.6 is 0 Å². The van der Waals surface area contributed by atoms with Crippen molar-refractivity contribution >= 4 is 23.5 Å². The third-order valence-electron chi connectivity index (χ3n) is 7.64. The highest BCUT2D eigenvalue weighted by atomic mass is 16.5. The van der Waals surface area contributed by atoms with Crippen molar-refractivity contribution in [3.8, 4) is 0 Å². The van der Waals surface area contributed by atoms with E-state index in [0.717, 1.165) is 12.2 Å². The van der Waals surface area contributed by atoms with Gasteiger partial charge in [0.25, 0.3) is 0 Å². The van der Waals surface area contributed by atoms with E-state index in [1.54, 1.807) is 13.8 Å². The number of aliphatic carboxylic acids is 1. The third kappa shape index (κ3) is 5.58. The molecule has 0 bridgehead atoms. The smallest absolute Gasteiger partial charge is 0.328 e. The molecular formula is C25H36O9. The van der Waals surface area contributed by atoms with Crippen LogP contribution in [-0.4, -0.2) is 62.7 Å². The molecule has 190 valence electrons. The van der Waals surface area contributed by atoms with E-state index < -0.39 is 64.8 Å². The van der Waals surface area contributed by atoms with Gasteiger partial charge in [0.15, 0.2) is 11.6 Å². The molecule has 2 aliphatic carbocycles. The fourth-order valence-corrected chi connectivity index (χ4v) is 6.30. The van der Waals surface area contributed by atoms with E-state index in [9.17, 15) is 34.5 Å². The van der Waals surface area contributed by atoms with Gasteiger partial charge in [-0.1, -0.05) is 26.3 Å². The predicted molar refractivity (Wildman–Crippen MR) is 122 cm³/mol. The average Bonchev–Trinajstić information content (AvgIpc) is 2.73. The van der Waals surface area contributed by atoms with Crippen LogP contribution in [0.3, 0.4) is 0 Å². The van der Waals surface area contributed by atoms with Crippen LogP contribution in [0.25, 0.3) is 0 Å². The summed E-state index contributed by atoms with van der Waals surface area (Å²) in [5.74, 6) is -5.48. The van der Waals surface area contributed by atoms with Crippen LogP contribution in [0.2, 0.25) is 0 Å². The SMILES string of the molecule is CC[C@@H](COC(=O)C/C(C)=C/C(=O)O)C1C(O)C(=O)C2CC(O)C[C@@H](C)C2C1(C)C(=O)/C=C\O. The molecule has 9 nitrogen and oxygen atoms in total. The Kier molecular flexibility index (Phi) is 9.19. The highest BCUT2D eigenvalue weighted by molar-refractivity contribution is 5.98. The summed E-state index contributed by atoms with van der Waals surface area (Å²) in [6, 6.07) is 0. The molecule has 0 spiro atoms. The molecule has 34 heavy (non-hydrogen) atoms. The van der Waals surface area contributed by atoms with Gasteiger partial charge in [0.2, 0.25) is 0 Å². The first-order valence-corrected chi connectivity index (χ1v) is 11.7. The number of aliphatic hydroxyl groups is 3. The minimum absolute atomic E-state index is 0.157. The van der Waals surface area contributed by atoms with Crippen molar-refractivity contribution in [3.05, 3.63) is 24.0 Å². The molecule has 6 unspecified atom stereocenters.